The molecule has 6 nitrogen and oxygen atoms in total. The number of carbonyl (C=O) groups excluding carboxylic acids is 1. The molecule has 0 fully saturated rings. The molecule has 2 aromatic rings. The summed E-state index contributed by atoms with van der Waals surface area (Å²) in [5.41, 5.74) is 0.989. The number of aliphatic imine (C=N–C) groups is 1. The third-order valence-corrected chi connectivity index (χ3v) is 3.44. The van der Waals surface area contributed by atoms with Gasteiger partial charge < -0.3 is 20.4 Å². The van der Waals surface area contributed by atoms with E-state index in [0.717, 1.165) is 5.56 Å². The van der Waals surface area contributed by atoms with Crippen LogP contribution in [0.5, 0.6) is 0 Å². The molecule has 0 radical (unpaired) electrons. The second kappa shape index (κ2) is 10.9. The van der Waals surface area contributed by atoms with E-state index in [1.807, 2.05) is 24.3 Å². The maximum atomic E-state index is 11.7. The summed E-state index contributed by atoms with van der Waals surface area (Å²) >= 11 is 6.10. The minimum absolute atomic E-state index is 0. The molecule has 8 heteroatoms. The summed E-state index contributed by atoms with van der Waals surface area (Å²) in [7, 11) is 1.68. The molecule has 0 atom stereocenters. The molecule has 0 unspecified atom stereocenters. The number of carbonyl (C=O) groups is 1. The summed E-state index contributed by atoms with van der Waals surface area (Å²) in [6, 6.07) is 10.9. The maximum absolute atomic E-state index is 11.7. The molecule has 0 saturated heterocycles. The smallest absolute Gasteiger partial charge is 0.287 e. The molecular formula is C16H20ClIN4O2. The molecule has 0 saturated carbocycles. The molecule has 0 aliphatic carbocycles. The quantitative estimate of drug-likeness (QED) is 0.267. The number of nitrogens with one attached hydrogen (secondary N) is 3. The SMILES string of the molecule is CN=C(NCCNC(=O)c1ccco1)NCc1ccccc1Cl.I. The summed E-state index contributed by atoms with van der Waals surface area (Å²) in [4.78, 5) is 15.8. The van der Waals surface area contributed by atoms with Crippen LogP contribution in [-0.4, -0.2) is 32.0 Å². The van der Waals surface area contributed by atoms with Crippen molar-refractivity contribution in [2.45, 2.75) is 6.54 Å². The van der Waals surface area contributed by atoms with E-state index in [1.165, 1.54) is 6.26 Å². The Hall–Kier alpha value is -1.74. The maximum Gasteiger partial charge on any atom is 0.287 e. The van der Waals surface area contributed by atoms with Crippen molar-refractivity contribution < 1.29 is 9.21 Å². The minimum atomic E-state index is -0.240. The minimum Gasteiger partial charge on any atom is -0.459 e. The van der Waals surface area contributed by atoms with E-state index in [0.29, 0.717) is 36.4 Å². The molecular weight excluding hydrogens is 443 g/mol. The first-order valence-electron chi connectivity index (χ1n) is 7.20. The van der Waals surface area contributed by atoms with Crippen LogP contribution in [0.3, 0.4) is 0 Å². The number of hydrogen-bond donors (Lipinski definition) is 3. The fourth-order valence-corrected chi connectivity index (χ4v) is 2.10. The number of amides is 1. The normalized spacial score (nSPS) is 10.7. The van der Waals surface area contributed by atoms with Gasteiger partial charge >= 0.3 is 0 Å². The van der Waals surface area contributed by atoms with Gasteiger partial charge in [0.15, 0.2) is 11.7 Å². The van der Waals surface area contributed by atoms with Crippen molar-refractivity contribution in [3.63, 3.8) is 0 Å². The van der Waals surface area contributed by atoms with E-state index in [2.05, 4.69) is 20.9 Å². The summed E-state index contributed by atoms with van der Waals surface area (Å²) < 4.78 is 5.01. The topological polar surface area (TPSA) is 78.7 Å². The van der Waals surface area contributed by atoms with Crippen molar-refractivity contribution in [2.24, 2.45) is 4.99 Å². The van der Waals surface area contributed by atoms with Crippen LogP contribution in [-0.2, 0) is 6.54 Å². The zero-order valence-corrected chi connectivity index (χ0v) is 16.3. The lowest BCUT2D eigenvalue weighted by molar-refractivity contribution is 0.0926. The number of benzene rings is 1. The van der Waals surface area contributed by atoms with E-state index >= 15 is 0 Å². The summed E-state index contributed by atoms with van der Waals surface area (Å²) in [6.45, 7) is 1.55. The van der Waals surface area contributed by atoms with Crippen LogP contribution in [0.15, 0.2) is 52.1 Å². The van der Waals surface area contributed by atoms with Crippen molar-refractivity contribution >= 4 is 47.4 Å². The summed E-state index contributed by atoms with van der Waals surface area (Å²) in [6.07, 6.45) is 1.47. The lowest BCUT2D eigenvalue weighted by atomic mass is 10.2. The van der Waals surface area contributed by atoms with Crippen LogP contribution < -0.4 is 16.0 Å². The monoisotopic (exact) mass is 462 g/mol. The van der Waals surface area contributed by atoms with Crippen molar-refractivity contribution in [3.05, 3.63) is 59.0 Å². The van der Waals surface area contributed by atoms with Gasteiger partial charge in [-0.3, -0.25) is 9.79 Å². The molecule has 130 valence electrons. The second-order valence-electron chi connectivity index (χ2n) is 4.68. The third kappa shape index (κ3) is 6.40. The summed E-state index contributed by atoms with van der Waals surface area (Å²) in [5.74, 6) is 0.694. The number of rotatable bonds is 6. The lowest BCUT2D eigenvalue weighted by Gasteiger charge is -2.12. The van der Waals surface area contributed by atoms with Crippen molar-refractivity contribution in [2.75, 3.05) is 20.1 Å². The number of hydrogen-bond acceptors (Lipinski definition) is 3. The number of halogens is 2. The molecule has 0 bridgehead atoms. The fraction of sp³-hybridized carbons (Fsp3) is 0.250. The van der Waals surface area contributed by atoms with Gasteiger partial charge in [-0.05, 0) is 23.8 Å². The number of furan rings is 1. The molecule has 1 aromatic carbocycles. The van der Waals surface area contributed by atoms with Crippen LogP contribution in [0, 0.1) is 0 Å². The molecule has 1 aromatic heterocycles. The zero-order valence-electron chi connectivity index (χ0n) is 13.2. The molecule has 0 aliphatic heterocycles. The average Bonchev–Trinajstić information content (AvgIpc) is 3.10. The predicted octanol–water partition coefficient (Wildman–Crippen LogP) is 2.65. The van der Waals surface area contributed by atoms with Gasteiger partial charge in [-0.25, -0.2) is 0 Å². The van der Waals surface area contributed by atoms with E-state index in [1.54, 1.807) is 19.2 Å². The Bertz CT molecular complexity index is 662. The first-order valence-corrected chi connectivity index (χ1v) is 7.58. The van der Waals surface area contributed by atoms with Gasteiger partial charge in [-0.2, -0.15) is 0 Å². The Kier molecular flexibility index (Phi) is 9.24. The van der Waals surface area contributed by atoms with Crippen LogP contribution >= 0.6 is 35.6 Å². The number of nitrogens with zero attached hydrogens (tertiary/aromatic N) is 1. The Labute approximate surface area is 163 Å². The largest absolute Gasteiger partial charge is 0.459 e. The highest BCUT2D eigenvalue weighted by molar-refractivity contribution is 14.0. The third-order valence-electron chi connectivity index (χ3n) is 3.08. The predicted molar refractivity (Wildman–Crippen MR) is 106 cm³/mol. The van der Waals surface area contributed by atoms with Crippen LogP contribution in [0.1, 0.15) is 16.1 Å². The zero-order chi connectivity index (χ0) is 16.5. The van der Waals surface area contributed by atoms with Gasteiger partial charge in [-0.1, -0.05) is 29.8 Å². The highest BCUT2D eigenvalue weighted by Gasteiger charge is 2.07. The average molecular weight is 463 g/mol. The highest BCUT2D eigenvalue weighted by atomic mass is 127. The van der Waals surface area contributed by atoms with Crippen molar-refractivity contribution in [1.82, 2.24) is 16.0 Å². The van der Waals surface area contributed by atoms with Crippen LogP contribution in [0.4, 0.5) is 0 Å². The molecule has 1 heterocycles. The van der Waals surface area contributed by atoms with Crippen molar-refractivity contribution in [3.8, 4) is 0 Å². The molecule has 3 N–H and O–H groups in total. The summed E-state index contributed by atoms with van der Waals surface area (Å²) in [5, 5.41) is 9.73. The molecule has 2 rings (SSSR count). The lowest BCUT2D eigenvalue weighted by Crippen LogP contribution is -2.41. The number of guanidine groups is 1. The van der Waals surface area contributed by atoms with Gasteiger partial charge in [0.25, 0.3) is 5.91 Å². The van der Waals surface area contributed by atoms with E-state index in [-0.39, 0.29) is 29.9 Å². The highest BCUT2D eigenvalue weighted by Crippen LogP contribution is 2.14. The molecule has 24 heavy (non-hydrogen) atoms. The van der Waals surface area contributed by atoms with E-state index < -0.39 is 0 Å². The van der Waals surface area contributed by atoms with Crippen LogP contribution in [0.25, 0.3) is 0 Å². The Morgan fingerprint density at radius 2 is 1.88 bits per heavy atom. The first-order chi connectivity index (χ1) is 11.2. The molecule has 0 aliphatic rings. The Morgan fingerprint density at radius 3 is 2.54 bits per heavy atom. The Morgan fingerprint density at radius 1 is 1.12 bits per heavy atom. The van der Waals surface area contributed by atoms with E-state index in [9.17, 15) is 4.79 Å². The Balaban J connectivity index is 0.00000288. The first kappa shape index (κ1) is 20.3. The van der Waals surface area contributed by atoms with Crippen LogP contribution in [0.2, 0.25) is 5.02 Å². The molecule has 0 spiro atoms. The van der Waals surface area contributed by atoms with E-state index in [4.69, 9.17) is 16.0 Å². The van der Waals surface area contributed by atoms with Gasteiger partial charge in [0.1, 0.15) is 0 Å². The molecule has 1 amide bonds. The van der Waals surface area contributed by atoms with Crippen molar-refractivity contribution in [1.29, 1.82) is 0 Å². The van der Waals surface area contributed by atoms with Gasteiger partial charge in [0, 0.05) is 31.7 Å². The fourth-order valence-electron chi connectivity index (χ4n) is 1.89. The van der Waals surface area contributed by atoms with Gasteiger partial charge in [0.05, 0.1) is 6.26 Å². The van der Waals surface area contributed by atoms with Gasteiger partial charge in [0.2, 0.25) is 0 Å². The second-order valence-corrected chi connectivity index (χ2v) is 5.08. The standard InChI is InChI=1S/C16H19ClN4O2.HI/c1-18-16(21-11-12-5-2-3-6-13(12)17)20-9-8-19-15(22)14-7-4-10-23-14;/h2-7,10H,8-9,11H2,1H3,(H,19,22)(H2,18,20,21);1H. The van der Waals surface area contributed by atoms with Gasteiger partial charge in [-0.15, -0.1) is 24.0 Å².